The summed E-state index contributed by atoms with van der Waals surface area (Å²) >= 11 is 0. The van der Waals surface area contributed by atoms with Crippen LogP contribution >= 0.6 is 0 Å². The summed E-state index contributed by atoms with van der Waals surface area (Å²) in [4.78, 5) is 2.18. The van der Waals surface area contributed by atoms with Crippen LogP contribution in [0, 0.1) is 0 Å². The molecule has 0 saturated carbocycles. The van der Waals surface area contributed by atoms with Crippen LogP contribution in [0.5, 0.6) is 0 Å². The molecular formula is C10H23N3O3S. The molecule has 1 aliphatic heterocycles. The molecule has 0 spiro atoms. The second-order valence-electron chi connectivity index (χ2n) is 4.53. The number of rotatable bonds is 7. The van der Waals surface area contributed by atoms with E-state index in [-0.39, 0.29) is 6.61 Å². The van der Waals surface area contributed by atoms with E-state index in [2.05, 4.69) is 9.62 Å². The van der Waals surface area contributed by atoms with Crippen molar-refractivity contribution in [3.8, 4) is 0 Å². The van der Waals surface area contributed by atoms with E-state index in [1.165, 1.54) is 11.4 Å². The van der Waals surface area contributed by atoms with E-state index in [1.807, 2.05) is 7.05 Å². The Balaban J connectivity index is 2.38. The molecule has 1 saturated heterocycles. The van der Waals surface area contributed by atoms with E-state index in [1.54, 1.807) is 0 Å². The summed E-state index contributed by atoms with van der Waals surface area (Å²) in [6.45, 7) is 1.84. The van der Waals surface area contributed by atoms with Crippen molar-refractivity contribution in [3.05, 3.63) is 0 Å². The summed E-state index contributed by atoms with van der Waals surface area (Å²) in [5.41, 5.74) is 0. The van der Waals surface area contributed by atoms with Crippen molar-refractivity contribution in [3.63, 3.8) is 0 Å². The highest BCUT2D eigenvalue weighted by molar-refractivity contribution is 7.87. The van der Waals surface area contributed by atoms with Crippen molar-refractivity contribution in [2.75, 3.05) is 40.3 Å². The monoisotopic (exact) mass is 265 g/mol. The quantitative estimate of drug-likeness (QED) is 0.634. The maximum atomic E-state index is 11.8. The average Bonchev–Trinajstić information content (AvgIpc) is 2.69. The van der Waals surface area contributed by atoms with Crippen molar-refractivity contribution in [1.82, 2.24) is 13.9 Å². The Kier molecular flexibility index (Phi) is 5.81. The lowest BCUT2D eigenvalue weighted by Crippen LogP contribution is -2.44. The maximum Gasteiger partial charge on any atom is 0.279 e. The van der Waals surface area contributed by atoms with Gasteiger partial charge in [-0.3, -0.25) is 0 Å². The Morgan fingerprint density at radius 2 is 2.24 bits per heavy atom. The van der Waals surface area contributed by atoms with E-state index < -0.39 is 10.2 Å². The molecule has 0 aliphatic carbocycles. The number of hydrogen-bond donors (Lipinski definition) is 2. The van der Waals surface area contributed by atoms with Gasteiger partial charge in [-0.15, -0.1) is 0 Å². The summed E-state index contributed by atoms with van der Waals surface area (Å²) in [6.07, 6.45) is 2.63. The molecule has 1 atom stereocenters. The van der Waals surface area contributed by atoms with Gasteiger partial charge in [-0.05, 0) is 32.9 Å². The van der Waals surface area contributed by atoms with Gasteiger partial charge >= 0.3 is 0 Å². The van der Waals surface area contributed by atoms with Gasteiger partial charge in [0.2, 0.25) is 0 Å². The van der Waals surface area contributed by atoms with Crippen LogP contribution in [-0.2, 0) is 10.2 Å². The molecule has 1 heterocycles. The van der Waals surface area contributed by atoms with Crippen LogP contribution in [-0.4, -0.2) is 69.1 Å². The number of hydrogen-bond acceptors (Lipinski definition) is 4. The number of aliphatic hydroxyl groups is 1. The van der Waals surface area contributed by atoms with Gasteiger partial charge in [0.25, 0.3) is 10.2 Å². The number of nitrogens with zero attached hydrogens (tertiary/aromatic N) is 2. The third-order valence-electron chi connectivity index (χ3n) is 3.21. The van der Waals surface area contributed by atoms with Crippen molar-refractivity contribution >= 4 is 10.2 Å². The minimum Gasteiger partial charge on any atom is -0.396 e. The topological polar surface area (TPSA) is 72.9 Å². The Labute approximate surface area is 104 Å². The molecule has 6 nitrogen and oxygen atoms in total. The zero-order valence-corrected chi connectivity index (χ0v) is 11.4. The van der Waals surface area contributed by atoms with Crippen LogP contribution in [0.2, 0.25) is 0 Å². The van der Waals surface area contributed by atoms with Crippen LogP contribution in [0.15, 0.2) is 0 Å². The molecule has 0 amide bonds. The van der Waals surface area contributed by atoms with E-state index in [0.717, 1.165) is 19.4 Å². The molecule has 0 radical (unpaired) electrons. The van der Waals surface area contributed by atoms with Gasteiger partial charge in [0, 0.05) is 32.8 Å². The highest BCUT2D eigenvalue weighted by Gasteiger charge is 2.24. The first-order chi connectivity index (χ1) is 7.97. The van der Waals surface area contributed by atoms with Gasteiger partial charge in [0.1, 0.15) is 0 Å². The summed E-state index contributed by atoms with van der Waals surface area (Å²) in [7, 11) is 0.142. The average molecular weight is 265 g/mol. The number of likely N-dealkylation sites (tertiary alicyclic amines) is 1. The fourth-order valence-electron chi connectivity index (χ4n) is 1.96. The molecule has 0 aromatic rings. The van der Waals surface area contributed by atoms with E-state index >= 15 is 0 Å². The molecule has 17 heavy (non-hydrogen) atoms. The molecule has 1 aliphatic rings. The van der Waals surface area contributed by atoms with E-state index in [0.29, 0.717) is 25.6 Å². The van der Waals surface area contributed by atoms with Gasteiger partial charge < -0.3 is 10.0 Å². The zero-order chi connectivity index (χ0) is 12.9. The molecule has 7 heteroatoms. The van der Waals surface area contributed by atoms with Gasteiger partial charge in [0.15, 0.2) is 0 Å². The predicted molar refractivity (Wildman–Crippen MR) is 66.9 cm³/mol. The standard InChI is InChI=1S/C10H23N3O3S/c1-12-6-3-5-10(12)9-11-17(15,16)13(2)7-4-8-14/h10-11,14H,3-9H2,1-2H3. The number of likely N-dealkylation sites (N-methyl/N-ethyl adjacent to an activating group) is 1. The lowest BCUT2D eigenvalue weighted by Gasteiger charge is -2.22. The molecule has 102 valence electrons. The van der Waals surface area contributed by atoms with Gasteiger partial charge in [-0.1, -0.05) is 0 Å². The molecule has 1 rings (SSSR count). The minimum atomic E-state index is -3.40. The second kappa shape index (κ2) is 6.65. The second-order valence-corrected chi connectivity index (χ2v) is 6.39. The van der Waals surface area contributed by atoms with Crippen LogP contribution in [0.25, 0.3) is 0 Å². The highest BCUT2D eigenvalue weighted by atomic mass is 32.2. The number of nitrogens with one attached hydrogen (secondary N) is 1. The summed E-state index contributed by atoms with van der Waals surface area (Å²) in [5.74, 6) is 0. The Morgan fingerprint density at radius 1 is 1.53 bits per heavy atom. The van der Waals surface area contributed by atoms with Crippen molar-refractivity contribution in [2.45, 2.75) is 25.3 Å². The first kappa shape index (κ1) is 14.8. The third-order valence-corrected chi connectivity index (χ3v) is 4.75. The minimum absolute atomic E-state index is 0.00518. The van der Waals surface area contributed by atoms with Gasteiger partial charge in [-0.2, -0.15) is 12.7 Å². The largest absolute Gasteiger partial charge is 0.396 e. The fourth-order valence-corrected chi connectivity index (χ4v) is 2.96. The molecule has 1 unspecified atom stereocenters. The smallest absolute Gasteiger partial charge is 0.279 e. The van der Waals surface area contributed by atoms with Crippen molar-refractivity contribution in [1.29, 1.82) is 0 Å². The Bertz CT molecular complexity index is 321. The molecule has 0 aromatic carbocycles. The first-order valence-electron chi connectivity index (χ1n) is 5.99. The SMILES string of the molecule is CN1CCCC1CNS(=O)(=O)N(C)CCCO. The van der Waals surface area contributed by atoms with E-state index in [4.69, 9.17) is 5.11 Å². The predicted octanol–water partition coefficient (Wildman–Crippen LogP) is -0.771. The Morgan fingerprint density at radius 3 is 2.76 bits per heavy atom. The van der Waals surface area contributed by atoms with Crippen LogP contribution in [0.4, 0.5) is 0 Å². The highest BCUT2D eigenvalue weighted by Crippen LogP contribution is 2.13. The Hall–Kier alpha value is -0.210. The van der Waals surface area contributed by atoms with Crippen LogP contribution < -0.4 is 4.72 Å². The molecule has 2 N–H and O–H groups in total. The molecule has 0 bridgehead atoms. The lowest BCUT2D eigenvalue weighted by molar-refractivity contribution is 0.274. The summed E-state index contributed by atoms with van der Waals surface area (Å²) < 4.78 is 27.5. The third kappa shape index (κ3) is 4.51. The molecule has 1 fully saturated rings. The normalized spacial score (nSPS) is 22.5. The van der Waals surface area contributed by atoms with Gasteiger partial charge in [0.05, 0.1) is 0 Å². The summed E-state index contributed by atoms with van der Waals surface area (Å²) in [5, 5.41) is 8.67. The van der Waals surface area contributed by atoms with Crippen molar-refractivity contribution in [2.24, 2.45) is 0 Å². The zero-order valence-electron chi connectivity index (χ0n) is 10.6. The van der Waals surface area contributed by atoms with Crippen LogP contribution in [0.1, 0.15) is 19.3 Å². The number of aliphatic hydroxyl groups excluding tert-OH is 1. The fraction of sp³-hybridized carbons (Fsp3) is 1.00. The maximum absolute atomic E-state index is 11.8. The molecule has 0 aromatic heterocycles. The van der Waals surface area contributed by atoms with E-state index in [9.17, 15) is 8.42 Å². The summed E-state index contributed by atoms with van der Waals surface area (Å²) in [6, 6.07) is 0.302. The lowest BCUT2D eigenvalue weighted by atomic mass is 10.2. The van der Waals surface area contributed by atoms with Crippen molar-refractivity contribution < 1.29 is 13.5 Å². The van der Waals surface area contributed by atoms with Crippen LogP contribution in [0.3, 0.4) is 0 Å². The molecular weight excluding hydrogens is 242 g/mol. The van der Waals surface area contributed by atoms with Gasteiger partial charge in [-0.25, -0.2) is 4.72 Å². The first-order valence-corrected chi connectivity index (χ1v) is 7.43.